The van der Waals surface area contributed by atoms with Gasteiger partial charge in [-0.1, -0.05) is 0 Å². The lowest BCUT2D eigenvalue weighted by atomic mass is 9.94. The number of amides is 1. The molecule has 2 aliphatic rings. The van der Waals surface area contributed by atoms with Gasteiger partial charge in [0, 0.05) is 19.1 Å². The third-order valence-corrected chi connectivity index (χ3v) is 4.03. The summed E-state index contributed by atoms with van der Waals surface area (Å²) < 4.78 is 10.3. The molecule has 0 aromatic heterocycles. The second-order valence-electron chi connectivity index (χ2n) is 7.39. The van der Waals surface area contributed by atoms with Crippen LogP contribution in [0.5, 0.6) is 0 Å². The summed E-state index contributed by atoms with van der Waals surface area (Å²) in [5, 5.41) is 3.48. The van der Waals surface area contributed by atoms with Gasteiger partial charge >= 0.3 is 12.1 Å². The zero-order valence-electron chi connectivity index (χ0n) is 14.1. The molecule has 2 atom stereocenters. The molecule has 6 heteroatoms. The van der Waals surface area contributed by atoms with Crippen molar-refractivity contribution in [1.82, 2.24) is 10.2 Å². The molecule has 1 aliphatic carbocycles. The van der Waals surface area contributed by atoms with E-state index in [2.05, 4.69) is 5.32 Å². The first-order valence-electron chi connectivity index (χ1n) is 8.07. The van der Waals surface area contributed by atoms with E-state index in [0.717, 1.165) is 12.5 Å². The van der Waals surface area contributed by atoms with Gasteiger partial charge in [-0.15, -0.1) is 0 Å². The minimum absolute atomic E-state index is 0.117. The molecule has 0 aromatic rings. The normalized spacial score (nSPS) is 25.7. The summed E-state index contributed by atoms with van der Waals surface area (Å²) in [6.07, 6.45) is 2.89. The quantitative estimate of drug-likeness (QED) is 0.802. The highest BCUT2D eigenvalue weighted by molar-refractivity contribution is 5.75. The van der Waals surface area contributed by atoms with Gasteiger partial charge in [-0.2, -0.15) is 0 Å². The van der Waals surface area contributed by atoms with Crippen molar-refractivity contribution in [2.75, 3.05) is 26.7 Å². The van der Waals surface area contributed by atoms with E-state index in [1.165, 1.54) is 20.0 Å². The first-order chi connectivity index (χ1) is 10.3. The molecule has 1 saturated heterocycles. The maximum Gasteiger partial charge on any atom is 0.410 e. The topological polar surface area (TPSA) is 67.9 Å². The number of hydrogen-bond donors (Lipinski definition) is 1. The van der Waals surface area contributed by atoms with Crippen LogP contribution in [-0.2, 0) is 14.3 Å². The van der Waals surface area contributed by atoms with Crippen molar-refractivity contribution in [3.8, 4) is 0 Å². The Morgan fingerprint density at radius 2 is 1.91 bits per heavy atom. The zero-order chi connectivity index (χ0) is 16.3. The molecule has 1 amide bonds. The molecule has 2 rings (SSSR count). The van der Waals surface area contributed by atoms with Crippen molar-refractivity contribution < 1.29 is 19.1 Å². The number of ether oxygens (including phenoxy) is 2. The molecule has 0 spiro atoms. The number of likely N-dealkylation sites (tertiary alicyclic amines) is 1. The predicted octanol–water partition coefficient (Wildman–Crippen LogP) is 1.78. The number of carbonyl (C=O) groups excluding carboxylic acids is 2. The van der Waals surface area contributed by atoms with Crippen LogP contribution in [0.25, 0.3) is 0 Å². The van der Waals surface area contributed by atoms with Gasteiger partial charge in [-0.05, 0) is 52.5 Å². The Hall–Kier alpha value is -1.30. The van der Waals surface area contributed by atoms with Crippen molar-refractivity contribution in [2.24, 2.45) is 11.8 Å². The summed E-state index contributed by atoms with van der Waals surface area (Å²) in [7, 11) is 1.39. The zero-order valence-corrected chi connectivity index (χ0v) is 14.1. The highest BCUT2D eigenvalue weighted by atomic mass is 16.6. The molecule has 0 radical (unpaired) electrons. The predicted molar refractivity (Wildman–Crippen MR) is 82.4 cm³/mol. The first kappa shape index (κ1) is 17.1. The van der Waals surface area contributed by atoms with Crippen molar-refractivity contribution in [2.45, 2.75) is 51.7 Å². The average molecular weight is 312 g/mol. The number of carbonyl (C=O) groups is 2. The number of piperidine rings is 1. The lowest BCUT2D eigenvalue weighted by molar-refractivity contribution is -0.147. The second kappa shape index (κ2) is 6.86. The van der Waals surface area contributed by atoms with E-state index in [9.17, 15) is 9.59 Å². The van der Waals surface area contributed by atoms with Gasteiger partial charge in [0.2, 0.25) is 0 Å². The average Bonchev–Trinajstić information content (AvgIpc) is 3.26. The van der Waals surface area contributed by atoms with Gasteiger partial charge in [0.05, 0.1) is 13.0 Å². The Balaban J connectivity index is 1.97. The molecule has 0 unspecified atom stereocenters. The monoisotopic (exact) mass is 312 g/mol. The Bertz CT molecular complexity index is 415. The summed E-state index contributed by atoms with van der Waals surface area (Å²) in [6, 6.07) is 0.117. The number of hydrogen-bond acceptors (Lipinski definition) is 5. The number of nitrogens with zero attached hydrogens (tertiary/aromatic N) is 1. The van der Waals surface area contributed by atoms with Crippen LogP contribution in [0.15, 0.2) is 0 Å². The number of nitrogens with one attached hydrogen (secondary N) is 1. The lowest BCUT2D eigenvalue weighted by Crippen LogP contribution is -2.54. The third-order valence-electron chi connectivity index (χ3n) is 4.03. The summed E-state index contributed by atoms with van der Waals surface area (Å²) in [6.45, 7) is 7.43. The van der Waals surface area contributed by atoms with Crippen molar-refractivity contribution in [3.05, 3.63) is 0 Å². The van der Waals surface area contributed by atoms with Gasteiger partial charge < -0.3 is 19.7 Å². The Morgan fingerprint density at radius 3 is 2.45 bits per heavy atom. The van der Waals surface area contributed by atoms with Crippen LogP contribution < -0.4 is 5.32 Å². The van der Waals surface area contributed by atoms with Crippen LogP contribution in [0.4, 0.5) is 4.79 Å². The molecule has 0 bridgehead atoms. The summed E-state index contributed by atoms with van der Waals surface area (Å²) in [5.41, 5.74) is -0.535. The van der Waals surface area contributed by atoms with Gasteiger partial charge in [-0.3, -0.25) is 4.79 Å². The number of rotatable bonds is 4. The first-order valence-corrected chi connectivity index (χ1v) is 8.07. The van der Waals surface area contributed by atoms with Crippen molar-refractivity contribution >= 4 is 12.1 Å². The highest BCUT2D eigenvalue weighted by Crippen LogP contribution is 2.28. The van der Waals surface area contributed by atoms with E-state index >= 15 is 0 Å². The Kier molecular flexibility index (Phi) is 5.32. The summed E-state index contributed by atoms with van der Waals surface area (Å²) in [4.78, 5) is 25.8. The third kappa shape index (κ3) is 5.16. The Morgan fingerprint density at radius 1 is 1.23 bits per heavy atom. The smallest absolute Gasteiger partial charge is 0.410 e. The minimum atomic E-state index is -0.535. The molecule has 0 aromatic carbocycles. The van der Waals surface area contributed by atoms with Crippen LogP contribution in [-0.4, -0.2) is 55.3 Å². The second-order valence-corrected chi connectivity index (χ2v) is 7.39. The SMILES string of the molecule is COC(=O)[C@@H]1C[C@H](NCC2CC2)CN(C(=O)OC(C)(C)C)C1. The molecule has 6 nitrogen and oxygen atoms in total. The standard InChI is InChI=1S/C16H28N2O4/c1-16(2,3)22-15(20)18-9-12(14(19)21-4)7-13(10-18)17-8-11-5-6-11/h11-13,17H,5-10H2,1-4H3/t12-,13+/m1/s1. The summed E-state index contributed by atoms with van der Waals surface area (Å²) >= 11 is 0. The minimum Gasteiger partial charge on any atom is -0.469 e. The summed E-state index contributed by atoms with van der Waals surface area (Å²) in [5.74, 6) is 0.211. The van der Waals surface area contributed by atoms with E-state index in [1.807, 2.05) is 20.8 Å². The molecule has 1 saturated carbocycles. The fourth-order valence-electron chi connectivity index (χ4n) is 2.72. The van der Waals surface area contributed by atoms with E-state index in [0.29, 0.717) is 19.5 Å². The van der Waals surface area contributed by atoms with Crippen LogP contribution in [0.1, 0.15) is 40.0 Å². The van der Waals surface area contributed by atoms with E-state index < -0.39 is 5.60 Å². The molecule has 1 heterocycles. The number of esters is 1. The van der Waals surface area contributed by atoms with Crippen LogP contribution >= 0.6 is 0 Å². The van der Waals surface area contributed by atoms with E-state index in [1.54, 1.807) is 4.90 Å². The van der Waals surface area contributed by atoms with E-state index in [-0.39, 0.29) is 24.0 Å². The van der Waals surface area contributed by atoms with Gasteiger partial charge in [0.15, 0.2) is 0 Å². The molecule has 22 heavy (non-hydrogen) atoms. The van der Waals surface area contributed by atoms with Crippen LogP contribution in [0.2, 0.25) is 0 Å². The highest BCUT2D eigenvalue weighted by Gasteiger charge is 2.36. The molecular formula is C16H28N2O4. The number of methoxy groups -OCH3 is 1. The molecular weight excluding hydrogens is 284 g/mol. The van der Waals surface area contributed by atoms with Crippen molar-refractivity contribution in [1.29, 1.82) is 0 Å². The van der Waals surface area contributed by atoms with E-state index in [4.69, 9.17) is 9.47 Å². The fraction of sp³-hybridized carbons (Fsp3) is 0.875. The molecule has 126 valence electrons. The lowest BCUT2D eigenvalue weighted by Gasteiger charge is -2.37. The molecule has 2 fully saturated rings. The Labute approximate surface area is 132 Å². The maximum absolute atomic E-state index is 12.3. The molecule has 1 N–H and O–H groups in total. The molecule has 1 aliphatic heterocycles. The van der Waals surface area contributed by atoms with Gasteiger partial charge in [0.1, 0.15) is 5.60 Å². The van der Waals surface area contributed by atoms with Crippen LogP contribution in [0, 0.1) is 11.8 Å². The maximum atomic E-state index is 12.3. The van der Waals surface area contributed by atoms with Crippen LogP contribution in [0.3, 0.4) is 0 Å². The van der Waals surface area contributed by atoms with Gasteiger partial charge in [0.25, 0.3) is 0 Å². The van der Waals surface area contributed by atoms with Gasteiger partial charge in [-0.25, -0.2) is 4.79 Å². The fourth-order valence-corrected chi connectivity index (χ4v) is 2.72. The largest absolute Gasteiger partial charge is 0.469 e. The van der Waals surface area contributed by atoms with Crippen molar-refractivity contribution in [3.63, 3.8) is 0 Å².